The van der Waals surface area contributed by atoms with Gasteiger partial charge in [-0.1, -0.05) is 103 Å². The lowest BCUT2D eigenvalue weighted by atomic mass is 10.0. The second kappa shape index (κ2) is 7.86. The lowest BCUT2D eigenvalue weighted by Crippen LogP contribution is -1.93. The lowest BCUT2D eigenvalue weighted by Gasteiger charge is -2.08. The maximum Gasteiger partial charge on any atom is 0.161 e. The van der Waals surface area contributed by atoms with Gasteiger partial charge in [0.1, 0.15) is 5.15 Å². The summed E-state index contributed by atoms with van der Waals surface area (Å²) in [4.78, 5) is 9.17. The fourth-order valence-electron chi connectivity index (χ4n) is 4.08. The molecule has 0 spiro atoms. The number of halogens is 1. The Morgan fingerprint density at radius 2 is 1.31 bits per heavy atom. The molecule has 2 nitrogen and oxygen atoms in total. The van der Waals surface area contributed by atoms with Crippen molar-refractivity contribution in [2.45, 2.75) is 0 Å². The van der Waals surface area contributed by atoms with E-state index in [9.17, 15) is 0 Å². The predicted molar refractivity (Wildman–Crippen MR) is 136 cm³/mol. The summed E-state index contributed by atoms with van der Waals surface area (Å²) >= 11 is 8.18. The number of hydrogen-bond donors (Lipinski definition) is 0. The van der Waals surface area contributed by atoms with Crippen LogP contribution >= 0.6 is 22.9 Å². The van der Waals surface area contributed by atoms with Crippen molar-refractivity contribution in [3.63, 3.8) is 0 Å². The monoisotopic (exact) mass is 448 g/mol. The van der Waals surface area contributed by atoms with E-state index in [0.717, 1.165) is 16.8 Å². The lowest BCUT2D eigenvalue weighted by molar-refractivity contribution is 1.18. The van der Waals surface area contributed by atoms with Crippen molar-refractivity contribution in [2.24, 2.45) is 0 Å². The standard InChI is InChI=1S/C28H17ClN2S/c29-26-17-24(30-28(31-26)20-7-2-1-3-8-20)19-15-13-18(14-16-19)21-10-6-11-23-22-9-4-5-12-25(22)32-27(21)23/h1-17H. The molecule has 6 aromatic rings. The third kappa shape index (κ3) is 3.36. The molecule has 0 amide bonds. The van der Waals surface area contributed by atoms with Crippen LogP contribution in [0.15, 0.2) is 103 Å². The Morgan fingerprint density at radius 1 is 0.594 bits per heavy atom. The van der Waals surface area contributed by atoms with E-state index in [4.69, 9.17) is 16.6 Å². The van der Waals surface area contributed by atoms with Crippen molar-refractivity contribution in [3.8, 4) is 33.8 Å². The van der Waals surface area contributed by atoms with Gasteiger partial charge in [0.15, 0.2) is 5.82 Å². The second-order valence-corrected chi connectivity index (χ2v) is 9.06. The summed E-state index contributed by atoms with van der Waals surface area (Å²) in [5.41, 5.74) is 5.22. The number of aromatic nitrogens is 2. The SMILES string of the molecule is Clc1cc(-c2ccc(-c3cccc4c3sc3ccccc34)cc2)nc(-c2ccccc2)n1. The van der Waals surface area contributed by atoms with E-state index in [1.165, 1.54) is 31.3 Å². The highest BCUT2D eigenvalue weighted by atomic mass is 35.5. The molecular formula is C28H17ClN2S. The fourth-order valence-corrected chi connectivity index (χ4v) is 5.50. The first-order valence-electron chi connectivity index (χ1n) is 10.4. The Hall–Kier alpha value is -3.53. The van der Waals surface area contributed by atoms with Crippen LogP contribution in [0, 0.1) is 0 Å². The van der Waals surface area contributed by atoms with Crippen LogP contribution < -0.4 is 0 Å². The molecule has 152 valence electrons. The van der Waals surface area contributed by atoms with Crippen molar-refractivity contribution in [1.29, 1.82) is 0 Å². The molecule has 0 radical (unpaired) electrons. The van der Waals surface area contributed by atoms with E-state index < -0.39 is 0 Å². The van der Waals surface area contributed by atoms with Gasteiger partial charge in [-0.05, 0) is 17.2 Å². The molecule has 4 aromatic carbocycles. The van der Waals surface area contributed by atoms with Crippen LogP contribution in [0.3, 0.4) is 0 Å². The van der Waals surface area contributed by atoms with E-state index in [1.54, 1.807) is 0 Å². The van der Waals surface area contributed by atoms with Crippen LogP contribution in [-0.4, -0.2) is 9.97 Å². The van der Waals surface area contributed by atoms with E-state index in [1.807, 2.05) is 47.7 Å². The molecule has 32 heavy (non-hydrogen) atoms. The van der Waals surface area contributed by atoms with Crippen molar-refractivity contribution in [2.75, 3.05) is 0 Å². The zero-order valence-electron chi connectivity index (χ0n) is 17.0. The number of benzene rings is 4. The summed E-state index contributed by atoms with van der Waals surface area (Å²) < 4.78 is 2.63. The van der Waals surface area contributed by atoms with Gasteiger partial charge in [0.2, 0.25) is 0 Å². The topological polar surface area (TPSA) is 25.8 Å². The minimum atomic E-state index is 0.438. The molecule has 0 fully saturated rings. The molecule has 4 heteroatoms. The first-order chi connectivity index (χ1) is 15.8. The molecular weight excluding hydrogens is 432 g/mol. The average Bonchev–Trinajstić information content (AvgIpc) is 3.23. The number of thiophene rings is 1. The van der Waals surface area contributed by atoms with Crippen LogP contribution in [0.2, 0.25) is 5.15 Å². The van der Waals surface area contributed by atoms with Crippen LogP contribution in [0.5, 0.6) is 0 Å². The molecule has 0 saturated heterocycles. The molecule has 0 atom stereocenters. The van der Waals surface area contributed by atoms with Crippen LogP contribution in [0.25, 0.3) is 53.9 Å². The smallest absolute Gasteiger partial charge is 0.161 e. The van der Waals surface area contributed by atoms with Gasteiger partial charge in [0.05, 0.1) is 5.69 Å². The highest BCUT2D eigenvalue weighted by Crippen LogP contribution is 2.40. The normalized spacial score (nSPS) is 11.3. The molecule has 0 unspecified atom stereocenters. The Kier molecular flexibility index (Phi) is 4.71. The van der Waals surface area contributed by atoms with Crippen LogP contribution in [0.4, 0.5) is 0 Å². The average molecular weight is 449 g/mol. The van der Waals surface area contributed by atoms with Crippen molar-refractivity contribution >= 4 is 43.1 Å². The first kappa shape index (κ1) is 19.2. The Morgan fingerprint density at radius 3 is 2.16 bits per heavy atom. The summed E-state index contributed by atoms with van der Waals surface area (Å²) in [6.45, 7) is 0. The molecule has 2 aromatic heterocycles. The summed E-state index contributed by atoms with van der Waals surface area (Å²) in [7, 11) is 0. The quantitative estimate of drug-likeness (QED) is 0.253. The van der Waals surface area contributed by atoms with E-state index in [0.29, 0.717) is 11.0 Å². The van der Waals surface area contributed by atoms with Gasteiger partial charge >= 0.3 is 0 Å². The number of nitrogens with zero attached hydrogens (tertiary/aromatic N) is 2. The summed E-state index contributed by atoms with van der Waals surface area (Å²) in [6.07, 6.45) is 0. The maximum atomic E-state index is 6.33. The molecule has 0 saturated carbocycles. The summed E-state index contributed by atoms with van der Waals surface area (Å²) in [5.74, 6) is 0.632. The van der Waals surface area contributed by atoms with Crippen LogP contribution in [0.1, 0.15) is 0 Å². The van der Waals surface area contributed by atoms with Gasteiger partial charge in [-0.15, -0.1) is 11.3 Å². The molecule has 0 aliphatic carbocycles. The molecule has 2 heterocycles. The van der Waals surface area contributed by atoms with Gasteiger partial charge < -0.3 is 0 Å². The van der Waals surface area contributed by atoms with E-state index in [-0.39, 0.29) is 0 Å². The third-order valence-electron chi connectivity index (χ3n) is 5.62. The maximum absolute atomic E-state index is 6.33. The zero-order chi connectivity index (χ0) is 21.5. The Balaban J connectivity index is 1.42. The first-order valence-corrected chi connectivity index (χ1v) is 11.6. The van der Waals surface area contributed by atoms with Gasteiger partial charge in [-0.3, -0.25) is 0 Å². The highest BCUT2D eigenvalue weighted by Gasteiger charge is 2.11. The Labute approximate surface area is 194 Å². The minimum Gasteiger partial charge on any atom is -0.228 e. The van der Waals surface area contributed by atoms with Crippen molar-refractivity contribution < 1.29 is 0 Å². The van der Waals surface area contributed by atoms with Gasteiger partial charge in [-0.2, -0.15) is 0 Å². The van der Waals surface area contributed by atoms with Gasteiger partial charge in [-0.25, -0.2) is 9.97 Å². The van der Waals surface area contributed by atoms with Crippen molar-refractivity contribution in [3.05, 3.63) is 108 Å². The van der Waals surface area contributed by atoms with E-state index >= 15 is 0 Å². The minimum absolute atomic E-state index is 0.438. The fraction of sp³-hybridized carbons (Fsp3) is 0. The highest BCUT2D eigenvalue weighted by molar-refractivity contribution is 7.26. The number of fused-ring (bicyclic) bond motifs is 3. The van der Waals surface area contributed by atoms with Crippen molar-refractivity contribution in [1.82, 2.24) is 9.97 Å². The predicted octanol–water partition coefficient (Wildman–Crippen LogP) is 8.50. The third-order valence-corrected chi connectivity index (χ3v) is 7.04. The number of hydrogen-bond acceptors (Lipinski definition) is 3. The second-order valence-electron chi connectivity index (χ2n) is 7.62. The van der Waals surface area contributed by atoms with Crippen LogP contribution in [-0.2, 0) is 0 Å². The zero-order valence-corrected chi connectivity index (χ0v) is 18.6. The Bertz CT molecular complexity index is 1570. The molecule has 0 N–H and O–H groups in total. The molecule has 0 aliphatic rings. The molecule has 6 rings (SSSR count). The molecule has 0 bridgehead atoms. The summed E-state index contributed by atoms with van der Waals surface area (Å²) in [6, 6.07) is 35.4. The summed E-state index contributed by atoms with van der Waals surface area (Å²) in [5, 5.41) is 3.06. The van der Waals surface area contributed by atoms with Gasteiger partial charge in [0, 0.05) is 37.4 Å². The van der Waals surface area contributed by atoms with Gasteiger partial charge in [0.25, 0.3) is 0 Å². The largest absolute Gasteiger partial charge is 0.228 e. The molecule has 0 aliphatic heterocycles. The number of rotatable bonds is 3. The van der Waals surface area contributed by atoms with E-state index in [2.05, 4.69) is 71.7 Å².